The van der Waals surface area contributed by atoms with Crippen LogP contribution in [0, 0.1) is 5.82 Å². The molecule has 6 nitrogen and oxygen atoms in total. The van der Waals surface area contributed by atoms with E-state index in [0.717, 1.165) is 25.5 Å². The Kier molecular flexibility index (Phi) is 7.78. The minimum absolute atomic E-state index is 0. The van der Waals surface area contributed by atoms with Gasteiger partial charge in [0.15, 0.2) is 0 Å². The predicted octanol–water partition coefficient (Wildman–Crippen LogP) is 2.99. The third-order valence-corrected chi connectivity index (χ3v) is 4.46. The summed E-state index contributed by atoms with van der Waals surface area (Å²) in [7, 11) is 1.54. The van der Waals surface area contributed by atoms with E-state index in [4.69, 9.17) is 4.74 Å². The number of nitrogens with one attached hydrogen (secondary N) is 3. The van der Waals surface area contributed by atoms with Gasteiger partial charge < -0.3 is 20.7 Å². The predicted molar refractivity (Wildman–Crippen MR) is 108 cm³/mol. The molecule has 1 heterocycles. The summed E-state index contributed by atoms with van der Waals surface area (Å²) in [6, 6.07) is 10.3. The Morgan fingerprint density at radius 3 is 2.54 bits per heavy atom. The first kappa shape index (κ1) is 21.7. The van der Waals surface area contributed by atoms with Crippen molar-refractivity contribution in [2.24, 2.45) is 0 Å². The fraction of sp³-hybridized carbons (Fsp3) is 0.300. The number of ether oxygens (including phenoxy) is 1. The van der Waals surface area contributed by atoms with Gasteiger partial charge in [-0.2, -0.15) is 0 Å². The molecule has 2 aromatic rings. The van der Waals surface area contributed by atoms with E-state index in [1.54, 1.807) is 24.3 Å². The lowest BCUT2D eigenvalue weighted by atomic mass is 10.1. The molecule has 8 heteroatoms. The summed E-state index contributed by atoms with van der Waals surface area (Å²) < 4.78 is 18.8. The Morgan fingerprint density at radius 2 is 1.89 bits per heavy atom. The van der Waals surface area contributed by atoms with Gasteiger partial charge in [-0.15, -0.1) is 12.4 Å². The molecule has 1 atom stereocenters. The van der Waals surface area contributed by atoms with Gasteiger partial charge in [-0.3, -0.25) is 9.59 Å². The van der Waals surface area contributed by atoms with Gasteiger partial charge in [0, 0.05) is 18.2 Å². The molecule has 0 saturated carbocycles. The number of benzene rings is 2. The molecule has 150 valence electrons. The number of rotatable bonds is 5. The molecule has 0 bridgehead atoms. The molecule has 2 aromatic carbocycles. The molecular formula is C20H23ClFN3O3. The number of methoxy groups -OCH3 is 1. The van der Waals surface area contributed by atoms with Gasteiger partial charge in [-0.05, 0) is 61.9 Å². The Morgan fingerprint density at radius 1 is 1.14 bits per heavy atom. The number of carbonyl (C=O) groups is 2. The van der Waals surface area contributed by atoms with Crippen LogP contribution in [0.2, 0.25) is 0 Å². The summed E-state index contributed by atoms with van der Waals surface area (Å²) in [6.07, 6.45) is 1.86. The average molecular weight is 408 g/mol. The molecule has 0 radical (unpaired) electrons. The van der Waals surface area contributed by atoms with Crippen LogP contribution in [-0.2, 0) is 0 Å². The Balaban J connectivity index is 0.00000280. The van der Waals surface area contributed by atoms with E-state index >= 15 is 0 Å². The van der Waals surface area contributed by atoms with Crippen molar-refractivity contribution >= 4 is 29.9 Å². The normalized spacial score (nSPS) is 15.9. The van der Waals surface area contributed by atoms with E-state index in [1.807, 2.05) is 0 Å². The first-order valence-corrected chi connectivity index (χ1v) is 8.83. The van der Waals surface area contributed by atoms with E-state index < -0.39 is 11.7 Å². The largest absolute Gasteiger partial charge is 0.497 e. The highest BCUT2D eigenvalue weighted by molar-refractivity contribution is 6.09. The van der Waals surface area contributed by atoms with Crippen molar-refractivity contribution in [1.82, 2.24) is 10.6 Å². The molecule has 3 rings (SSSR count). The van der Waals surface area contributed by atoms with Crippen LogP contribution in [0.5, 0.6) is 5.75 Å². The van der Waals surface area contributed by atoms with Crippen LogP contribution < -0.4 is 20.7 Å². The molecule has 3 N–H and O–H groups in total. The van der Waals surface area contributed by atoms with Crippen molar-refractivity contribution in [2.45, 2.75) is 18.9 Å². The fourth-order valence-corrected chi connectivity index (χ4v) is 2.99. The molecule has 0 spiro atoms. The van der Waals surface area contributed by atoms with Gasteiger partial charge in [0.2, 0.25) is 0 Å². The zero-order chi connectivity index (χ0) is 19.2. The standard InChI is InChI=1S/C20H22FN3O3.ClH/c1-27-16-7-4-13(5-8-16)19(25)24-18-11-14(21)6-9-17(18)20(26)23-15-3-2-10-22-12-15;/h4-9,11,15,22H,2-3,10,12H2,1H3,(H,23,26)(H,24,25);1H/t15-;/m0./s1. The molecule has 0 unspecified atom stereocenters. The summed E-state index contributed by atoms with van der Waals surface area (Å²) in [5.74, 6) is -0.681. The Bertz CT molecular complexity index is 824. The van der Waals surface area contributed by atoms with Gasteiger partial charge in [-0.25, -0.2) is 4.39 Å². The first-order valence-electron chi connectivity index (χ1n) is 8.83. The van der Waals surface area contributed by atoms with Crippen molar-refractivity contribution in [3.05, 3.63) is 59.4 Å². The number of piperidine rings is 1. The third-order valence-electron chi connectivity index (χ3n) is 4.46. The van der Waals surface area contributed by atoms with Gasteiger partial charge in [0.25, 0.3) is 11.8 Å². The lowest BCUT2D eigenvalue weighted by Gasteiger charge is -2.24. The van der Waals surface area contributed by atoms with Crippen LogP contribution in [-0.4, -0.2) is 38.1 Å². The Hall–Kier alpha value is -2.64. The molecule has 28 heavy (non-hydrogen) atoms. The average Bonchev–Trinajstić information content (AvgIpc) is 2.69. The maximum atomic E-state index is 13.7. The number of hydrogen-bond donors (Lipinski definition) is 3. The highest BCUT2D eigenvalue weighted by Crippen LogP contribution is 2.20. The van der Waals surface area contributed by atoms with E-state index in [2.05, 4.69) is 16.0 Å². The second kappa shape index (κ2) is 10.1. The molecule has 1 fully saturated rings. The van der Waals surface area contributed by atoms with Crippen molar-refractivity contribution in [2.75, 3.05) is 25.5 Å². The number of halogens is 2. The lowest BCUT2D eigenvalue weighted by Crippen LogP contribution is -2.45. The van der Waals surface area contributed by atoms with E-state index in [-0.39, 0.29) is 35.6 Å². The zero-order valence-corrected chi connectivity index (χ0v) is 16.3. The van der Waals surface area contributed by atoms with Crippen LogP contribution in [0.1, 0.15) is 33.6 Å². The smallest absolute Gasteiger partial charge is 0.255 e. The quantitative estimate of drug-likeness (QED) is 0.712. The molecule has 1 aliphatic heterocycles. The molecule has 1 saturated heterocycles. The number of carbonyl (C=O) groups excluding carboxylic acids is 2. The van der Waals surface area contributed by atoms with Crippen LogP contribution >= 0.6 is 12.4 Å². The van der Waals surface area contributed by atoms with Crippen LogP contribution in [0.25, 0.3) is 0 Å². The summed E-state index contributed by atoms with van der Waals surface area (Å²) in [6.45, 7) is 1.63. The van der Waals surface area contributed by atoms with Crippen LogP contribution in [0.3, 0.4) is 0 Å². The van der Waals surface area contributed by atoms with E-state index in [9.17, 15) is 14.0 Å². The SMILES string of the molecule is COc1ccc(C(=O)Nc2cc(F)ccc2C(=O)N[C@H]2CCCNC2)cc1.Cl. The maximum Gasteiger partial charge on any atom is 0.255 e. The summed E-state index contributed by atoms with van der Waals surface area (Å²) >= 11 is 0. The van der Waals surface area contributed by atoms with Crippen molar-refractivity contribution in [1.29, 1.82) is 0 Å². The van der Waals surface area contributed by atoms with Crippen LogP contribution in [0.15, 0.2) is 42.5 Å². The third kappa shape index (κ3) is 5.43. The lowest BCUT2D eigenvalue weighted by molar-refractivity contribution is 0.0931. The van der Waals surface area contributed by atoms with Gasteiger partial charge in [0.1, 0.15) is 11.6 Å². The molecule has 0 aromatic heterocycles. The van der Waals surface area contributed by atoms with Crippen molar-refractivity contribution < 1.29 is 18.7 Å². The van der Waals surface area contributed by atoms with Crippen LogP contribution in [0.4, 0.5) is 10.1 Å². The highest BCUT2D eigenvalue weighted by atomic mass is 35.5. The zero-order valence-electron chi connectivity index (χ0n) is 15.5. The van der Waals surface area contributed by atoms with Crippen molar-refractivity contribution in [3.8, 4) is 5.75 Å². The number of amides is 2. The molecule has 1 aliphatic rings. The van der Waals surface area contributed by atoms with Crippen molar-refractivity contribution in [3.63, 3.8) is 0 Å². The van der Waals surface area contributed by atoms with E-state index in [0.29, 0.717) is 17.9 Å². The van der Waals surface area contributed by atoms with Gasteiger partial charge in [0.05, 0.1) is 18.4 Å². The second-order valence-electron chi connectivity index (χ2n) is 6.39. The molecule has 0 aliphatic carbocycles. The first-order chi connectivity index (χ1) is 13.1. The Labute approximate surface area is 169 Å². The summed E-state index contributed by atoms with van der Waals surface area (Å²) in [5, 5.41) is 8.78. The van der Waals surface area contributed by atoms with E-state index in [1.165, 1.54) is 19.2 Å². The fourth-order valence-electron chi connectivity index (χ4n) is 2.99. The maximum absolute atomic E-state index is 13.7. The minimum Gasteiger partial charge on any atom is -0.497 e. The summed E-state index contributed by atoms with van der Waals surface area (Å²) in [5.41, 5.74) is 0.740. The molecular weight excluding hydrogens is 385 g/mol. The minimum atomic E-state index is -0.532. The summed E-state index contributed by atoms with van der Waals surface area (Å²) in [4.78, 5) is 25.1. The van der Waals surface area contributed by atoms with Gasteiger partial charge in [-0.1, -0.05) is 0 Å². The number of hydrogen-bond acceptors (Lipinski definition) is 4. The monoisotopic (exact) mass is 407 g/mol. The highest BCUT2D eigenvalue weighted by Gasteiger charge is 2.20. The topological polar surface area (TPSA) is 79.5 Å². The second-order valence-corrected chi connectivity index (χ2v) is 6.39. The molecule has 2 amide bonds. The number of anilines is 1. The van der Waals surface area contributed by atoms with Gasteiger partial charge >= 0.3 is 0 Å².